The van der Waals surface area contributed by atoms with E-state index in [1.165, 1.54) is 0 Å². The zero-order valence-corrected chi connectivity index (χ0v) is 18.7. The highest BCUT2D eigenvalue weighted by Gasteiger charge is 2.55. The summed E-state index contributed by atoms with van der Waals surface area (Å²) in [5.74, 6) is -2.70. The maximum atomic E-state index is 12.1. The molecule has 0 aliphatic heterocycles. The lowest BCUT2D eigenvalue weighted by atomic mass is 9.67. The van der Waals surface area contributed by atoms with Crippen LogP contribution in [-0.2, 0) is 18.8 Å². The smallest absolute Gasteiger partial charge is 0.312 e. The summed E-state index contributed by atoms with van der Waals surface area (Å²) in [6, 6.07) is 0. The molecule has 0 bridgehead atoms. The standard InChI is InChI=1S/C19H36O6Si/c1-17(2,3)24-14-10-12(15(20)21)13(11-19(14,7)16(22)23)25-26(8,9)18(4,5)6/h12-14H,10-11H2,1-9H3,(H,20,21)(H,22,23)/t12-,13+,14+,19-/m1/s1. The topological polar surface area (TPSA) is 93.1 Å². The molecule has 4 atom stereocenters. The van der Waals surface area contributed by atoms with Crippen molar-refractivity contribution < 1.29 is 29.0 Å². The summed E-state index contributed by atoms with van der Waals surface area (Å²) < 4.78 is 12.4. The van der Waals surface area contributed by atoms with Crippen LogP contribution in [0.15, 0.2) is 0 Å². The lowest BCUT2D eigenvalue weighted by molar-refractivity contribution is -0.192. The SMILES string of the molecule is CC(C)(C)O[C@H]1C[C@@H](C(=O)O)[C@@H](O[Si](C)(C)C(C)(C)C)C[C@@]1(C)C(=O)O. The number of carbonyl (C=O) groups is 2. The summed E-state index contributed by atoms with van der Waals surface area (Å²) >= 11 is 0. The van der Waals surface area contributed by atoms with Crippen LogP contribution in [0.2, 0.25) is 18.1 Å². The van der Waals surface area contributed by atoms with Gasteiger partial charge in [-0.2, -0.15) is 0 Å². The molecule has 0 saturated heterocycles. The molecule has 0 radical (unpaired) electrons. The number of hydrogen-bond donors (Lipinski definition) is 2. The van der Waals surface area contributed by atoms with Gasteiger partial charge in [-0.25, -0.2) is 0 Å². The molecule has 0 unspecified atom stereocenters. The minimum atomic E-state index is -2.24. The van der Waals surface area contributed by atoms with Gasteiger partial charge in [0, 0.05) is 0 Å². The number of ether oxygens (including phenoxy) is 1. The largest absolute Gasteiger partial charge is 0.481 e. The van der Waals surface area contributed by atoms with Crippen LogP contribution in [0.4, 0.5) is 0 Å². The minimum Gasteiger partial charge on any atom is -0.481 e. The van der Waals surface area contributed by atoms with Crippen LogP contribution < -0.4 is 0 Å². The van der Waals surface area contributed by atoms with Gasteiger partial charge in [0.05, 0.1) is 29.1 Å². The Hall–Kier alpha value is -0.923. The fourth-order valence-electron chi connectivity index (χ4n) is 3.10. The van der Waals surface area contributed by atoms with Crippen LogP contribution in [0.5, 0.6) is 0 Å². The van der Waals surface area contributed by atoms with E-state index in [1.807, 2.05) is 20.8 Å². The highest BCUT2D eigenvalue weighted by molar-refractivity contribution is 6.74. The first-order valence-corrected chi connectivity index (χ1v) is 12.1. The van der Waals surface area contributed by atoms with Gasteiger partial charge in [0.2, 0.25) is 0 Å². The van der Waals surface area contributed by atoms with Gasteiger partial charge < -0.3 is 19.4 Å². The first-order valence-electron chi connectivity index (χ1n) is 9.22. The van der Waals surface area contributed by atoms with Crippen LogP contribution in [0.25, 0.3) is 0 Å². The fourth-order valence-corrected chi connectivity index (χ4v) is 4.46. The van der Waals surface area contributed by atoms with Gasteiger partial charge >= 0.3 is 11.9 Å². The maximum absolute atomic E-state index is 12.1. The van der Waals surface area contributed by atoms with Gasteiger partial charge in [-0.3, -0.25) is 9.59 Å². The van der Waals surface area contributed by atoms with Crippen LogP contribution in [0.1, 0.15) is 61.3 Å². The molecule has 0 spiro atoms. The third-order valence-electron chi connectivity index (χ3n) is 5.81. The molecule has 1 fully saturated rings. The molecule has 6 nitrogen and oxygen atoms in total. The number of carboxylic acid groups (broad SMARTS) is 2. The molecule has 1 saturated carbocycles. The third-order valence-corrected chi connectivity index (χ3v) is 10.3. The Labute approximate surface area is 158 Å². The number of carboxylic acids is 2. The van der Waals surface area contributed by atoms with Crippen LogP contribution in [0.3, 0.4) is 0 Å². The van der Waals surface area contributed by atoms with Gasteiger partial charge in [0.25, 0.3) is 0 Å². The summed E-state index contributed by atoms with van der Waals surface area (Å²) in [4.78, 5) is 24.0. The van der Waals surface area contributed by atoms with Crippen molar-refractivity contribution in [3.8, 4) is 0 Å². The van der Waals surface area contributed by atoms with Crippen molar-refractivity contribution in [1.29, 1.82) is 0 Å². The first kappa shape index (κ1) is 23.1. The summed E-state index contributed by atoms with van der Waals surface area (Å²) in [5, 5.41) is 19.6. The predicted octanol–water partition coefficient (Wildman–Crippen LogP) is 4.15. The fraction of sp³-hybridized carbons (Fsp3) is 0.895. The van der Waals surface area contributed by atoms with E-state index in [9.17, 15) is 19.8 Å². The maximum Gasteiger partial charge on any atom is 0.312 e. The Morgan fingerprint density at radius 1 is 1.08 bits per heavy atom. The predicted molar refractivity (Wildman–Crippen MR) is 103 cm³/mol. The highest BCUT2D eigenvalue weighted by Crippen LogP contribution is 2.47. The third kappa shape index (κ3) is 5.08. The molecule has 1 aliphatic rings. The molecular weight excluding hydrogens is 352 g/mol. The molecule has 0 heterocycles. The van der Waals surface area contributed by atoms with E-state index in [2.05, 4.69) is 33.9 Å². The highest BCUT2D eigenvalue weighted by atomic mass is 28.4. The van der Waals surface area contributed by atoms with Crippen molar-refractivity contribution in [3.63, 3.8) is 0 Å². The quantitative estimate of drug-likeness (QED) is 0.687. The van der Waals surface area contributed by atoms with Crippen molar-refractivity contribution >= 4 is 20.3 Å². The summed E-state index contributed by atoms with van der Waals surface area (Å²) in [7, 11) is -2.24. The van der Waals surface area contributed by atoms with Crippen molar-refractivity contribution in [1.82, 2.24) is 0 Å². The van der Waals surface area contributed by atoms with E-state index in [4.69, 9.17) is 9.16 Å². The average molecular weight is 389 g/mol. The Bertz CT molecular complexity index is 545. The van der Waals surface area contributed by atoms with Gasteiger partial charge in [-0.15, -0.1) is 0 Å². The monoisotopic (exact) mass is 388 g/mol. The summed E-state index contributed by atoms with van der Waals surface area (Å²) in [6.45, 7) is 17.6. The van der Waals surface area contributed by atoms with Crippen molar-refractivity contribution in [2.45, 2.75) is 97.2 Å². The molecule has 26 heavy (non-hydrogen) atoms. The summed E-state index contributed by atoms with van der Waals surface area (Å²) in [5.41, 5.74) is -1.75. The van der Waals surface area contributed by atoms with E-state index < -0.39 is 49.4 Å². The van der Waals surface area contributed by atoms with E-state index in [-0.39, 0.29) is 17.9 Å². The molecule has 0 aromatic carbocycles. The van der Waals surface area contributed by atoms with Crippen LogP contribution in [-0.4, -0.2) is 48.3 Å². The normalized spacial score (nSPS) is 30.9. The zero-order valence-electron chi connectivity index (χ0n) is 17.7. The second kappa shape index (κ2) is 7.24. The van der Waals surface area contributed by atoms with E-state index >= 15 is 0 Å². The Kier molecular flexibility index (Phi) is 6.44. The van der Waals surface area contributed by atoms with Gasteiger partial charge in [0.15, 0.2) is 8.32 Å². The molecule has 1 aliphatic carbocycles. The Morgan fingerprint density at radius 3 is 1.92 bits per heavy atom. The number of aliphatic carboxylic acids is 2. The van der Waals surface area contributed by atoms with Crippen molar-refractivity contribution in [2.75, 3.05) is 0 Å². The average Bonchev–Trinajstić information content (AvgIpc) is 2.38. The summed E-state index contributed by atoms with van der Waals surface area (Å²) in [6.07, 6.45) is -1.05. The lowest BCUT2D eigenvalue weighted by Crippen LogP contribution is -2.57. The molecule has 0 aromatic heterocycles. The number of hydrogen-bond acceptors (Lipinski definition) is 4. The Balaban J connectivity index is 3.25. The molecule has 152 valence electrons. The second-order valence-electron chi connectivity index (χ2n) is 10.2. The van der Waals surface area contributed by atoms with E-state index in [0.717, 1.165) is 0 Å². The minimum absolute atomic E-state index is 0.0889. The van der Waals surface area contributed by atoms with Crippen LogP contribution >= 0.6 is 0 Å². The van der Waals surface area contributed by atoms with E-state index in [0.29, 0.717) is 0 Å². The number of rotatable bonds is 5. The molecule has 0 aromatic rings. The van der Waals surface area contributed by atoms with Gasteiger partial charge in [-0.1, -0.05) is 20.8 Å². The second-order valence-corrected chi connectivity index (χ2v) is 15.0. The molecular formula is C19H36O6Si. The molecule has 7 heteroatoms. The van der Waals surface area contributed by atoms with E-state index in [1.54, 1.807) is 6.92 Å². The van der Waals surface area contributed by atoms with Crippen LogP contribution in [0, 0.1) is 11.3 Å². The molecule has 1 rings (SSSR count). The van der Waals surface area contributed by atoms with Gasteiger partial charge in [0.1, 0.15) is 0 Å². The zero-order chi connectivity index (χ0) is 20.7. The Morgan fingerprint density at radius 2 is 1.58 bits per heavy atom. The molecule has 0 amide bonds. The van der Waals surface area contributed by atoms with Crippen molar-refractivity contribution in [3.05, 3.63) is 0 Å². The van der Waals surface area contributed by atoms with Crippen molar-refractivity contribution in [2.24, 2.45) is 11.3 Å². The lowest BCUT2D eigenvalue weighted by Gasteiger charge is -2.49. The van der Waals surface area contributed by atoms with Gasteiger partial charge in [-0.05, 0) is 58.7 Å². The first-order chi connectivity index (χ1) is 11.4. The molecule has 2 N–H and O–H groups in total.